The first-order valence-corrected chi connectivity index (χ1v) is 12.4. The van der Waals surface area contributed by atoms with Gasteiger partial charge in [0, 0.05) is 13.3 Å². The molecule has 2 aromatic rings. The van der Waals surface area contributed by atoms with Gasteiger partial charge in [0.1, 0.15) is 18.4 Å². The van der Waals surface area contributed by atoms with Crippen molar-refractivity contribution < 1.29 is 28.5 Å². The van der Waals surface area contributed by atoms with E-state index in [4.69, 9.17) is 0 Å². The molecule has 0 saturated carbocycles. The van der Waals surface area contributed by atoms with Crippen LogP contribution in [0.2, 0.25) is 0 Å². The molecule has 30 heavy (non-hydrogen) atoms. The topological polar surface area (TPSA) is 19.7 Å². The minimum absolute atomic E-state index is 0. The number of benzene rings is 1. The van der Waals surface area contributed by atoms with E-state index in [0.29, 0.717) is 0 Å². The molecule has 0 fully saturated rings. The number of imidazole rings is 1. The quantitative estimate of drug-likeness (QED) is 0.176. The number of H-pyrrole nitrogens is 1. The SMILES string of the molecule is CCCCCCCCCCCCCCCCc1c[nH]c(C)[n+]1Cc1ccccc1.[I-]. The first kappa shape index (κ1) is 27.2. The molecule has 0 bridgehead atoms. The van der Waals surface area contributed by atoms with Crippen LogP contribution < -0.4 is 28.5 Å². The van der Waals surface area contributed by atoms with Gasteiger partial charge in [0.15, 0.2) is 0 Å². The highest BCUT2D eigenvalue weighted by atomic mass is 127. The number of aromatic nitrogens is 2. The third-order valence-corrected chi connectivity index (χ3v) is 6.17. The molecule has 2 nitrogen and oxygen atoms in total. The van der Waals surface area contributed by atoms with Gasteiger partial charge in [0.2, 0.25) is 0 Å². The number of rotatable bonds is 17. The number of nitrogens with one attached hydrogen (secondary N) is 1. The summed E-state index contributed by atoms with van der Waals surface area (Å²) in [6.45, 7) is 5.45. The number of hydrogen-bond donors (Lipinski definition) is 1. The molecular formula is C27H45IN2. The van der Waals surface area contributed by atoms with E-state index in [9.17, 15) is 0 Å². The van der Waals surface area contributed by atoms with E-state index >= 15 is 0 Å². The summed E-state index contributed by atoms with van der Waals surface area (Å²) in [6, 6.07) is 10.8. The molecule has 170 valence electrons. The molecular weight excluding hydrogens is 479 g/mol. The van der Waals surface area contributed by atoms with Crippen molar-refractivity contribution >= 4 is 0 Å². The van der Waals surface area contributed by atoms with Crippen molar-refractivity contribution in [3.63, 3.8) is 0 Å². The summed E-state index contributed by atoms with van der Waals surface area (Å²) in [5.74, 6) is 1.26. The maximum atomic E-state index is 3.42. The van der Waals surface area contributed by atoms with Gasteiger partial charge in [-0.3, -0.25) is 0 Å². The molecule has 0 aliphatic heterocycles. The van der Waals surface area contributed by atoms with Gasteiger partial charge >= 0.3 is 0 Å². The zero-order valence-electron chi connectivity index (χ0n) is 19.6. The van der Waals surface area contributed by atoms with Crippen LogP contribution >= 0.6 is 0 Å². The van der Waals surface area contributed by atoms with E-state index in [1.54, 1.807) is 0 Å². The summed E-state index contributed by atoms with van der Waals surface area (Å²) in [5.41, 5.74) is 2.83. The summed E-state index contributed by atoms with van der Waals surface area (Å²) >= 11 is 0. The van der Waals surface area contributed by atoms with Crippen molar-refractivity contribution in [3.05, 3.63) is 53.6 Å². The second-order valence-electron chi connectivity index (χ2n) is 8.78. The Bertz CT molecular complexity index is 636. The van der Waals surface area contributed by atoms with E-state index in [1.165, 1.54) is 113 Å². The molecule has 0 aliphatic carbocycles. The Labute approximate surface area is 203 Å². The van der Waals surface area contributed by atoms with Crippen molar-refractivity contribution in [3.8, 4) is 0 Å². The van der Waals surface area contributed by atoms with Crippen molar-refractivity contribution in [1.29, 1.82) is 0 Å². The Kier molecular flexibility index (Phi) is 16.1. The average Bonchev–Trinajstić information content (AvgIpc) is 3.08. The second kappa shape index (κ2) is 17.8. The first-order valence-electron chi connectivity index (χ1n) is 12.4. The predicted molar refractivity (Wildman–Crippen MR) is 125 cm³/mol. The summed E-state index contributed by atoms with van der Waals surface area (Å²) in [6.07, 6.45) is 23.3. The van der Waals surface area contributed by atoms with Gasteiger partial charge in [-0.1, -0.05) is 121 Å². The van der Waals surface area contributed by atoms with Crippen LogP contribution in [-0.2, 0) is 13.0 Å². The Hall–Kier alpha value is -0.840. The highest BCUT2D eigenvalue weighted by Gasteiger charge is 2.14. The lowest BCUT2D eigenvalue weighted by atomic mass is 10.0. The van der Waals surface area contributed by atoms with Gasteiger partial charge in [-0.25, -0.2) is 9.55 Å². The highest BCUT2D eigenvalue weighted by molar-refractivity contribution is 5.13. The molecule has 1 aromatic carbocycles. The van der Waals surface area contributed by atoms with Crippen molar-refractivity contribution in [2.45, 2.75) is 117 Å². The molecule has 0 aliphatic rings. The molecule has 1 aromatic heterocycles. The van der Waals surface area contributed by atoms with E-state index in [-0.39, 0.29) is 24.0 Å². The molecule has 0 amide bonds. The van der Waals surface area contributed by atoms with Gasteiger partial charge in [-0.15, -0.1) is 0 Å². The van der Waals surface area contributed by atoms with E-state index in [2.05, 4.69) is 59.9 Å². The zero-order chi connectivity index (χ0) is 20.6. The van der Waals surface area contributed by atoms with Crippen LogP contribution in [0.15, 0.2) is 36.5 Å². The Morgan fingerprint density at radius 1 is 0.700 bits per heavy atom. The van der Waals surface area contributed by atoms with E-state index in [1.807, 2.05) is 0 Å². The third-order valence-electron chi connectivity index (χ3n) is 6.17. The molecule has 3 heteroatoms. The predicted octanol–water partition coefficient (Wildman–Crippen LogP) is 4.69. The smallest absolute Gasteiger partial charge is 0.251 e. The number of hydrogen-bond acceptors (Lipinski definition) is 0. The number of aryl methyl sites for hydroxylation is 2. The number of halogens is 1. The molecule has 0 saturated heterocycles. The van der Waals surface area contributed by atoms with Crippen molar-refractivity contribution in [2.24, 2.45) is 0 Å². The number of aromatic amines is 1. The molecule has 0 radical (unpaired) electrons. The van der Waals surface area contributed by atoms with Gasteiger partial charge < -0.3 is 24.0 Å². The van der Waals surface area contributed by atoms with Crippen LogP contribution in [0, 0.1) is 6.92 Å². The van der Waals surface area contributed by atoms with Gasteiger partial charge in [-0.2, -0.15) is 0 Å². The van der Waals surface area contributed by atoms with Gasteiger partial charge in [0.05, 0.1) is 0 Å². The van der Waals surface area contributed by atoms with Crippen LogP contribution in [0.3, 0.4) is 0 Å². The fourth-order valence-corrected chi connectivity index (χ4v) is 4.25. The number of nitrogens with zero attached hydrogens (tertiary/aromatic N) is 1. The molecule has 0 unspecified atom stereocenters. The lowest BCUT2D eigenvalue weighted by molar-refractivity contribution is -0.700. The van der Waals surface area contributed by atoms with E-state index < -0.39 is 0 Å². The zero-order valence-corrected chi connectivity index (χ0v) is 21.8. The normalized spacial score (nSPS) is 10.9. The largest absolute Gasteiger partial charge is 1.00 e. The Morgan fingerprint density at radius 3 is 1.73 bits per heavy atom. The highest BCUT2D eigenvalue weighted by Crippen LogP contribution is 2.13. The third kappa shape index (κ3) is 11.5. The minimum Gasteiger partial charge on any atom is -1.00 e. The fraction of sp³-hybridized carbons (Fsp3) is 0.667. The van der Waals surface area contributed by atoms with Gasteiger partial charge in [-0.05, 0) is 12.0 Å². The maximum absolute atomic E-state index is 3.42. The summed E-state index contributed by atoms with van der Waals surface area (Å²) < 4.78 is 2.44. The maximum Gasteiger partial charge on any atom is 0.251 e. The molecule has 1 heterocycles. The van der Waals surface area contributed by atoms with Crippen molar-refractivity contribution in [2.75, 3.05) is 0 Å². The summed E-state index contributed by atoms with van der Waals surface area (Å²) in [4.78, 5) is 3.42. The standard InChI is InChI=1S/C27H44N2.HI/c1-3-4-5-6-7-8-9-10-11-12-13-14-15-19-22-27-23-28-25(2)29(27)24-26-20-17-16-18-21-26;/h16-18,20-21,23H,3-15,19,22,24H2,1-2H3;1H. The molecule has 0 spiro atoms. The van der Waals surface area contributed by atoms with Crippen LogP contribution in [0.25, 0.3) is 0 Å². The van der Waals surface area contributed by atoms with Crippen LogP contribution in [-0.4, -0.2) is 4.98 Å². The first-order chi connectivity index (χ1) is 14.3. The summed E-state index contributed by atoms with van der Waals surface area (Å²) in [5, 5.41) is 0. The monoisotopic (exact) mass is 524 g/mol. The van der Waals surface area contributed by atoms with Crippen LogP contribution in [0.5, 0.6) is 0 Å². The Morgan fingerprint density at radius 2 is 1.20 bits per heavy atom. The summed E-state index contributed by atoms with van der Waals surface area (Å²) in [7, 11) is 0. The lowest BCUT2D eigenvalue weighted by Crippen LogP contribution is -3.00. The Balaban J connectivity index is 0.00000450. The van der Waals surface area contributed by atoms with Crippen LogP contribution in [0.1, 0.15) is 114 Å². The fourth-order valence-electron chi connectivity index (χ4n) is 4.25. The molecule has 1 N–H and O–H groups in total. The average molecular weight is 525 g/mol. The van der Waals surface area contributed by atoms with Gasteiger partial charge in [0.25, 0.3) is 5.82 Å². The van der Waals surface area contributed by atoms with E-state index in [0.717, 1.165) is 6.54 Å². The second-order valence-corrected chi connectivity index (χ2v) is 8.78. The molecule has 2 rings (SSSR count). The van der Waals surface area contributed by atoms with Crippen LogP contribution in [0.4, 0.5) is 0 Å². The van der Waals surface area contributed by atoms with Crippen molar-refractivity contribution in [1.82, 2.24) is 4.98 Å². The lowest BCUT2D eigenvalue weighted by Gasteiger charge is -2.05. The molecule has 0 atom stereocenters. The minimum atomic E-state index is 0. The number of unbranched alkanes of at least 4 members (excludes halogenated alkanes) is 13.